The summed E-state index contributed by atoms with van der Waals surface area (Å²) in [5, 5.41) is 9.75. The van der Waals surface area contributed by atoms with Crippen molar-refractivity contribution in [3.05, 3.63) is 0 Å². The van der Waals surface area contributed by atoms with Crippen molar-refractivity contribution in [3.8, 4) is 0 Å². The molecule has 0 aromatic carbocycles. The van der Waals surface area contributed by atoms with Crippen LogP contribution in [0.15, 0.2) is 0 Å². The molecule has 0 aromatic rings. The smallest absolute Gasteiger partial charge is 0.544 e. The average Bonchev–Trinajstić information content (AvgIpc) is 2.33. The average molecular weight is 436 g/mol. The zero-order chi connectivity index (χ0) is 21.1. The Balaban J connectivity index is 0. The van der Waals surface area contributed by atoms with Gasteiger partial charge < -0.3 is 9.90 Å². The number of alkyl halides is 15. The second kappa shape index (κ2) is 6.79. The first-order valence-electron chi connectivity index (χ1n) is 4.99. The molecule has 0 N–H and O–H groups in total. The molecule has 0 radical (unpaired) electrons. The van der Waals surface area contributed by atoms with Gasteiger partial charge in [0.15, 0.2) is 0 Å². The minimum Gasteiger partial charge on any atom is -0.544 e. The van der Waals surface area contributed by atoms with Crippen LogP contribution in [0.2, 0.25) is 0 Å². The molecular weight excluding hydrogens is 436 g/mol. The van der Waals surface area contributed by atoms with Crippen LogP contribution in [0, 0.1) is 0 Å². The number of carboxylic acids is 1. The molecule has 0 aliphatic heterocycles. The van der Waals surface area contributed by atoms with Gasteiger partial charge in [0.2, 0.25) is 0 Å². The number of halogens is 15. The van der Waals surface area contributed by atoms with E-state index in [9.17, 15) is 75.8 Å². The van der Waals surface area contributed by atoms with E-state index in [2.05, 4.69) is 0 Å². The summed E-state index contributed by atoms with van der Waals surface area (Å²) >= 11 is 0. The number of aliphatic carboxylic acids is 1. The van der Waals surface area contributed by atoms with Crippen molar-refractivity contribution in [1.29, 1.82) is 0 Å². The molecule has 0 aliphatic rings. The first-order valence-corrected chi connectivity index (χ1v) is 4.99. The predicted octanol–water partition coefficient (Wildman–Crippen LogP) is 0.114. The van der Waals surface area contributed by atoms with Gasteiger partial charge in [0.1, 0.15) is 5.97 Å². The summed E-state index contributed by atoms with van der Waals surface area (Å²) in [5.74, 6) is -37.7. The van der Waals surface area contributed by atoms with Crippen LogP contribution >= 0.6 is 0 Å². The minimum absolute atomic E-state index is 0. The van der Waals surface area contributed by atoms with Gasteiger partial charge in [-0.3, -0.25) is 0 Å². The third-order valence-corrected chi connectivity index (χ3v) is 2.66. The Hall–Kier alpha value is -0.580. The van der Waals surface area contributed by atoms with Crippen LogP contribution < -0.4 is 34.7 Å². The summed E-state index contributed by atoms with van der Waals surface area (Å²) in [7, 11) is 0. The normalized spacial score (nSPS) is 17.3. The standard InChI is InChI=1S/C8HF15O2.Na/c9-2(10,1(24)25)3(11,7(18,19)20)4(12,13)5(14,15)6(16,17)8(21,22)23;/h(H,24,25);/q;+1/p-1. The maximum absolute atomic E-state index is 13.3. The molecular formula is C8F15NaO2. The molecule has 0 aliphatic carbocycles. The molecule has 150 valence electrons. The SMILES string of the molecule is O=C([O-])C(F)(F)C(F)(C(F)(F)F)C(F)(F)C(F)(F)C(F)(F)C(F)(F)F.[Na+]. The van der Waals surface area contributed by atoms with Gasteiger partial charge in [-0.15, -0.1) is 0 Å². The van der Waals surface area contributed by atoms with Crippen LogP contribution in [0.25, 0.3) is 0 Å². The molecule has 0 saturated heterocycles. The van der Waals surface area contributed by atoms with E-state index in [0.717, 1.165) is 0 Å². The molecule has 0 heterocycles. The van der Waals surface area contributed by atoms with E-state index in [1.54, 1.807) is 0 Å². The van der Waals surface area contributed by atoms with Crippen molar-refractivity contribution in [3.63, 3.8) is 0 Å². The Morgan fingerprint density at radius 2 is 0.846 bits per heavy atom. The first kappa shape index (κ1) is 27.6. The van der Waals surface area contributed by atoms with Crippen molar-refractivity contribution in [2.75, 3.05) is 0 Å². The van der Waals surface area contributed by atoms with E-state index in [-0.39, 0.29) is 29.6 Å². The van der Waals surface area contributed by atoms with Gasteiger partial charge in [-0.25, -0.2) is 4.39 Å². The fourth-order valence-electron chi connectivity index (χ4n) is 1.29. The number of rotatable bonds is 5. The number of hydrogen-bond acceptors (Lipinski definition) is 2. The number of carboxylic acid groups (broad SMARTS) is 1. The van der Waals surface area contributed by atoms with Gasteiger partial charge in [0.25, 0.3) is 0 Å². The molecule has 0 saturated carbocycles. The summed E-state index contributed by atoms with van der Waals surface area (Å²) < 4.78 is 187. The second-order valence-electron chi connectivity index (χ2n) is 4.24. The first-order chi connectivity index (χ1) is 10.4. The molecule has 0 rings (SSSR count). The van der Waals surface area contributed by atoms with Gasteiger partial charge in [-0.05, 0) is 0 Å². The van der Waals surface area contributed by atoms with Gasteiger partial charge in [0.05, 0.1) is 0 Å². The number of hydrogen-bond donors (Lipinski definition) is 0. The van der Waals surface area contributed by atoms with Crippen LogP contribution in [-0.2, 0) is 4.79 Å². The largest absolute Gasteiger partial charge is 1.00 e. The molecule has 0 spiro atoms. The summed E-state index contributed by atoms with van der Waals surface area (Å²) in [6.07, 6.45) is -15.8. The summed E-state index contributed by atoms with van der Waals surface area (Å²) in [5.41, 5.74) is -8.40. The van der Waals surface area contributed by atoms with Crippen molar-refractivity contribution >= 4 is 5.97 Å². The maximum atomic E-state index is 13.3. The molecule has 2 nitrogen and oxygen atoms in total. The fourth-order valence-corrected chi connectivity index (χ4v) is 1.29. The van der Waals surface area contributed by atoms with Crippen molar-refractivity contribution in [1.82, 2.24) is 0 Å². The van der Waals surface area contributed by atoms with Gasteiger partial charge >= 0.3 is 71.3 Å². The third-order valence-electron chi connectivity index (χ3n) is 2.66. The molecule has 0 bridgehead atoms. The van der Waals surface area contributed by atoms with Crippen molar-refractivity contribution < 1.29 is 105 Å². The molecule has 0 aromatic heterocycles. The summed E-state index contributed by atoms with van der Waals surface area (Å²) in [6, 6.07) is 0. The van der Waals surface area contributed by atoms with E-state index in [1.165, 1.54) is 0 Å². The van der Waals surface area contributed by atoms with Crippen LogP contribution in [0.4, 0.5) is 65.9 Å². The minimum atomic E-state index is -8.62. The van der Waals surface area contributed by atoms with E-state index in [1.807, 2.05) is 0 Å². The molecule has 0 amide bonds. The quantitative estimate of drug-likeness (QED) is 0.454. The Morgan fingerprint density at radius 1 is 0.538 bits per heavy atom. The Morgan fingerprint density at radius 3 is 1.04 bits per heavy atom. The van der Waals surface area contributed by atoms with Crippen molar-refractivity contribution in [2.45, 2.75) is 41.7 Å². The Labute approximate surface area is 153 Å². The van der Waals surface area contributed by atoms with Crippen LogP contribution in [0.3, 0.4) is 0 Å². The topological polar surface area (TPSA) is 40.1 Å². The molecule has 18 heteroatoms. The van der Waals surface area contributed by atoms with Gasteiger partial charge in [0, 0.05) is 0 Å². The van der Waals surface area contributed by atoms with E-state index in [4.69, 9.17) is 0 Å². The third kappa shape index (κ3) is 3.33. The maximum Gasteiger partial charge on any atom is 1.00 e. The summed E-state index contributed by atoms with van der Waals surface area (Å²) in [4.78, 5) is 9.75. The van der Waals surface area contributed by atoms with Crippen LogP contribution in [0.1, 0.15) is 0 Å². The van der Waals surface area contributed by atoms with Crippen molar-refractivity contribution in [2.24, 2.45) is 0 Å². The monoisotopic (exact) mass is 436 g/mol. The molecule has 0 fully saturated rings. The van der Waals surface area contributed by atoms with Crippen LogP contribution in [0.5, 0.6) is 0 Å². The Bertz CT molecular complexity index is 535. The summed E-state index contributed by atoms with van der Waals surface area (Å²) in [6.45, 7) is 0. The fraction of sp³-hybridized carbons (Fsp3) is 0.875. The number of carbonyl (C=O) groups excluding carboxylic acids is 1. The molecule has 26 heavy (non-hydrogen) atoms. The zero-order valence-corrected chi connectivity index (χ0v) is 13.5. The van der Waals surface area contributed by atoms with Gasteiger partial charge in [-0.2, -0.15) is 61.5 Å². The van der Waals surface area contributed by atoms with E-state index < -0.39 is 47.7 Å². The predicted molar refractivity (Wildman–Crippen MR) is 40.7 cm³/mol. The van der Waals surface area contributed by atoms with E-state index >= 15 is 0 Å². The molecule has 1 unspecified atom stereocenters. The molecule has 1 atom stereocenters. The van der Waals surface area contributed by atoms with Crippen LogP contribution in [-0.4, -0.2) is 47.7 Å². The number of carbonyl (C=O) groups is 1. The van der Waals surface area contributed by atoms with E-state index in [0.29, 0.717) is 0 Å². The second-order valence-corrected chi connectivity index (χ2v) is 4.24. The van der Waals surface area contributed by atoms with Gasteiger partial charge in [-0.1, -0.05) is 0 Å². The zero-order valence-electron chi connectivity index (χ0n) is 11.5. The Kier molecular flexibility index (Phi) is 7.22.